The molecular weight excluding hydrogens is 1220 g/mol. The summed E-state index contributed by atoms with van der Waals surface area (Å²) in [5.41, 5.74) is -38.6. The molecule has 0 bridgehead atoms. The summed E-state index contributed by atoms with van der Waals surface area (Å²) in [5, 5.41) is 56.5. The number of pyridine rings is 1. The van der Waals surface area contributed by atoms with Gasteiger partial charge in [-0.25, -0.2) is 9.59 Å². The minimum Gasteiger partial charge on any atom is -0.508 e. The number of aromatic carboxylic acids is 1. The Balaban J connectivity index is 0.00000211. The van der Waals surface area contributed by atoms with Crippen LogP contribution in [0.15, 0.2) is 126 Å². The molecule has 0 fully saturated rings. The zero-order valence-electron chi connectivity index (χ0n) is 131. The first-order chi connectivity index (χ1) is 76.6. The van der Waals surface area contributed by atoms with Crippen LogP contribution in [0, 0.1) is 10.1 Å². The number of hydrogen-bond donors (Lipinski definition) is 7. The molecule has 0 aliphatic heterocycles. The molecule has 526 valence electrons. The van der Waals surface area contributed by atoms with E-state index in [4.69, 9.17) is 140 Å². The van der Waals surface area contributed by atoms with Crippen LogP contribution in [0.5, 0.6) is 28.7 Å². The number of benzene rings is 6. The van der Waals surface area contributed by atoms with Crippen LogP contribution in [0.3, 0.4) is 0 Å². The number of carbonyl (C=O) groups excluding carboxylic acids is 1. The number of hydrogen-bond acceptors (Lipinski definition) is 12. The van der Waals surface area contributed by atoms with Crippen LogP contribution in [0.1, 0.15) is 359 Å². The van der Waals surface area contributed by atoms with Gasteiger partial charge in [0.25, 0.3) is 7.12 Å². The highest BCUT2D eigenvalue weighted by molar-refractivity contribution is 6.23. The molecule has 0 atom stereocenters. The van der Waals surface area contributed by atoms with Gasteiger partial charge in [0.05, 0.1) is 38.6 Å². The molecule has 0 amide bonds. The number of aromatic nitrogens is 1. The van der Waals surface area contributed by atoms with Gasteiger partial charge in [0.2, 0.25) is 5.43 Å². The molecule has 0 aliphatic carbocycles. The lowest BCUT2D eigenvalue weighted by atomic mass is 9.79. The molecule has 0 saturated carbocycles. The fraction of sp³-hybridized carbons (Fsp3) is 0.481. The van der Waals surface area contributed by atoms with E-state index in [1.807, 2.05) is 0 Å². The van der Waals surface area contributed by atoms with Crippen molar-refractivity contribution in [3.8, 4) is 28.7 Å². The third kappa shape index (κ3) is 29.2. The highest BCUT2D eigenvalue weighted by atomic mass is 35.5. The lowest BCUT2D eigenvalue weighted by molar-refractivity contribution is -0.386. The minimum absolute atomic E-state index is 0. The number of nitrogens with zero attached hydrogens (tertiary/aromatic N) is 1. The van der Waals surface area contributed by atoms with Crippen LogP contribution >= 0.6 is 11.6 Å². The van der Waals surface area contributed by atoms with Gasteiger partial charge >= 0.3 is 12.1 Å². The van der Waals surface area contributed by atoms with E-state index in [1.165, 1.54) is 6.20 Å². The van der Waals surface area contributed by atoms with Crippen LogP contribution in [0.4, 0.5) is 16.2 Å². The standard InChI is InChI=1S/C16H24O3.C14H21NO3.C14H23NO.C14H22O.C10H7NO3.C6H6O.C4H9Cl.CH4/c1-15(2,3)11-8-9-13(19-14(17)18-7)12(10-11)16(4,5)6;1-13(2,3)9-7-10(14(4,5)6)12(16)8-11(9)15(17)18;1-13(2,3)9-7-10(14(4,5)6)12(16)8-11(9)15;1-13(2,3)10-7-8-12(15)11(9-10)14(4,5)6;12-9-6-3-1-2-4-8(6)11-5-7(9)10(13)14;7-6-4-2-1-3-5-6;1-4(2,3)5;/h8-10H,1-7H3;7-8,16H,1-6H3;7-8,16H,15H2,1-6H3;7-9,15H,1-6H3;1-5H,(H,11,12)(H,13,14);1-5,7H;1-3H3;1H4/i1D3,2D3,4D3,5D3,6D3,8D,9D,10D;2*1D3,2D3,4D3,5D3,6D3,7D,8D;1D3,2D3,4D3,5D3,6D3,7D,8D,9D;;1D,2D,3D,4D,5D;1D3,2D3;/hD. The number of ether oxygens (including phenoxy) is 2. The van der Waals surface area contributed by atoms with Crippen LogP contribution in [0.2, 0.25) is 0 Å². The number of phenols is 4. The lowest BCUT2D eigenvalue weighted by Crippen LogP contribution is -2.19. The first-order valence-corrected chi connectivity index (χ1v) is 25.1. The molecule has 6 aromatic carbocycles. The van der Waals surface area contributed by atoms with E-state index in [0.29, 0.717) is 38.6 Å². The van der Waals surface area contributed by atoms with Crippen molar-refractivity contribution in [2.75, 3.05) is 12.8 Å². The number of halogens is 1. The van der Waals surface area contributed by atoms with Crippen molar-refractivity contribution in [2.45, 2.75) is 241 Å². The Bertz CT molecular complexity index is 6810. The summed E-state index contributed by atoms with van der Waals surface area (Å²) < 4.78 is 643. The number of nitrogen functional groups attached to an aromatic ring is 1. The second kappa shape index (κ2) is 34.1. The Kier molecular flexibility index (Phi) is 8.17. The van der Waals surface area contributed by atoms with E-state index in [1.54, 1.807) is 24.3 Å². The number of para-hydroxylation sites is 2. The van der Waals surface area contributed by atoms with Gasteiger partial charge in [0, 0.05) is 141 Å². The summed E-state index contributed by atoms with van der Waals surface area (Å²) in [6.07, 6.45) is -0.515. The first kappa shape index (κ1) is 22.8. The number of aromatic hydroxyl groups is 4. The van der Waals surface area contributed by atoms with Gasteiger partial charge in [0.15, 0.2) is 0 Å². The second-order valence-electron chi connectivity index (χ2n) is 19.5. The quantitative estimate of drug-likeness (QED) is 0.0216. The number of fused-ring (bicyclic) bond motifs is 1. The number of nitro groups is 1. The summed E-state index contributed by atoms with van der Waals surface area (Å²) in [4.78, 5) is 45.0. The van der Waals surface area contributed by atoms with Gasteiger partial charge < -0.3 is 45.7 Å². The Hall–Kier alpha value is -8.04. The number of carboxylic acid groups (broad SMARTS) is 1. The Labute approximate surface area is 689 Å². The molecule has 0 aliphatic rings. The number of carbonyl (C=O) groups is 2. The van der Waals surface area contributed by atoms with Gasteiger partial charge in [0.1, 0.15) is 34.3 Å². The Morgan fingerprint density at radius 1 is 0.579 bits per heavy atom. The van der Waals surface area contributed by atoms with Crippen LogP contribution in [0.25, 0.3) is 10.9 Å². The molecule has 7 rings (SSSR count). The highest BCUT2D eigenvalue weighted by Gasteiger charge is 2.31. The van der Waals surface area contributed by atoms with Gasteiger partial charge in [-0.2, -0.15) is 0 Å². The van der Waals surface area contributed by atoms with Crippen LogP contribution in [-0.4, -0.2) is 61.0 Å². The molecule has 8 N–H and O–H groups in total. The smallest absolute Gasteiger partial charge is 0.508 e. The summed E-state index contributed by atoms with van der Waals surface area (Å²) in [6, 6.07) is -10.8. The maximum absolute atomic E-state index is 11.9. The number of nitro benzene ring substituents is 1. The van der Waals surface area contributed by atoms with Crippen molar-refractivity contribution < 1.29 is 161 Å². The molecule has 0 saturated heterocycles. The summed E-state index contributed by atoms with van der Waals surface area (Å²) in [5.74, 6) is -8.30. The zero-order valence-corrected chi connectivity index (χ0v) is 50.1. The predicted molar refractivity (Wildman–Crippen MR) is 396 cm³/mol. The average Bonchev–Trinajstić information content (AvgIpc) is 0.680. The molecule has 0 unspecified atom stereocenters. The van der Waals surface area contributed by atoms with Crippen molar-refractivity contribution in [1.29, 1.82) is 1.43 Å². The molecule has 0 spiro atoms. The van der Waals surface area contributed by atoms with E-state index in [9.17, 15) is 39.8 Å². The molecule has 95 heavy (non-hydrogen) atoms. The van der Waals surface area contributed by atoms with E-state index < -0.39 is 397 Å². The molecule has 0 radical (unpaired) electrons. The number of nitrogens with one attached hydrogen (secondary N) is 1. The number of carboxylic acids is 1. The number of phenolic OH excluding ortho intramolecular Hbond substituents is 4. The number of alkyl halides is 1. The summed E-state index contributed by atoms with van der Waals surface area (Å²) in [6.45, 7) is -79.3. The number of anilines is 1. The van der Waals surface area contributed by atoms with Crippen molar-refractivity contribution in [2.24, 2.45) is 0 Å². The van der Waals surface area contributed by atoms with Gasteiger partial charge in [-0.15, -0.1) is 11.6 Å². The molecule has 7 aromatic rings. The predicted octanol–water partition coefficient (Wildman–Crippen LogP) is 21.2. The highest BCUT2D eigenvalue weighted by Crippen LogP contribution is 2.42. The normalized spacial score (nSPS) is 27.3. The van der Waals surface area contributed by atoms with Crippen molar-refractivity contribution in [1.82, 2.24) is 4.98 Å². The molecular formula is C79H116ClN3O12. The largest absolute Gasteiger partial charge is 0.513 e. The average molecular weight is 1420 g/mol. The molecule has 16 heteroatoms. The number of nitrogens with two attached hydrogens (primary N) is 1. The third-order valence-corrected chi connectivity index (χ3v) is 10.1. The Morgan fingerprint density at radius 3 is 1.47 bits per heavy atom. The second-order valence-corrected chi connectivity index (χ2v) is 20.3. The summed E-state index contributed by atoms with van der Waals surface area (Å²) in [7, 11) is 0.744. The van der Waals surface area contributed by atoms with Crippen molar-refractivity contribution in [3.63, 3.8) is 0 Å². The van der Waals surface area contributed by atoms with Crippen LogP contribution in [-0.2, 0) is 48.1 Å². The third-order valence-electron chi connectivity index (χ3n) is 10.1. The molecule has 1 aromatic heterocycles. The number of aromatic amines is 1. The molecule has 15 nitrogen and oxygen atoms in total. The molecule has 1 heterocycles. The topological polar surface area (TPSA) is 256 Å². The van der Waals surface area contributed by atoms with Gasteiger partial charge in [-0.1, -0.05) is 227 Å². The Morgan fingerprint density at radius 2 is 1.02 bits per heavy atom. The van der Waals surface area contributed by atoms with E-state index in [-0.39, 0.29) is 13.0 Å². The van der Waals surface area contributed by atoms with E-state index in [0.717, 1.165) is 14.0 Å². The van der Waals surface area contributed by atoms with Gasteiger partial charge in [-0.3, -0.25) is 14.9 Å². The van der Waals surface area contributed by atoms with Gasteiger partial charge in [-0.05, 0) is 140 Å². The summed E-state index contributed by atoms with van der Waals surface area (Å²) >= 11 is 5.36. The first-order valence-electron chi connectivity index (χ1n) is 65.6. The number of methoxy groups -OCH3 is 1. The maximum Gasteiger partial charge on any atom is 0.513 e. The lowest BCUT2D eigenvalue weighted by Gasteiger charge is -2.27. The fourth-order valence-corrected chi connectivity index (χ4v) is 6.02. The van der Waals surface area contributed by atoms with Crippen molar-refractivity contribution in [3.05, 3.63) is 192 Å². The fourth-order valence-electron chi connectivity index (χ4n) is 6.02. The van der Waals surface area contributed by atoms with Crippen LogP contribution < -0.4 is 15.9 Å². The maximum atomic E-state index is 11.9. The van der Waals surface area contributed by atoms with Crippen molar-refractivity contribution >= 4 is 46.0 Å². The minimum atomic E-state index is -4.18. The zero-order chi connectivity index (χ0) is 142. The SMILES string of the molecule is C.O=C(O)c1c[nH]c2ccccc2c1=O.[2H]C([2H])([2H])C(C)(Cl)C([2H])([2H])[2H].[2H]Oc1c([2H])c([2H])c([2H])c([2H])c1[2H].[2H]c1c(N)c(C(C)(C([2H])([2H])[2H])C([2H])([2H])[2H])c([2H])c(C(C([2H])([2H])[2H])(C([2H])([2H])[2H])C([2H])([2H])[2H])c1O.[2H]c1c(O)c(C(C([2H])([2H])[2H])(C([2H])([2H])[2H])C([2H])([2H])[2H])c([2H])c(C(C)(C([2H])([2H])[2H])C([2H])([2H])[2H])c1[N+](=O)[O-].[2H]c1c([2H])c(C(C)(C([2H])([2H])[2H])C([2H])([2H])[2H])c([2H])c(C(C([2H])([2H])[2H])(C([2H])([2H])[2H])C([2H])([2H])[2H])c1O.[2H]c1c([2H])c(C(C)(C([2H])([2H])[2H])C([2H])([2H])[2H])c([2H])c(C(C([2H])([2H])[2H])(C([2H])([2H])[2H])C([2H])([2H])[2H])c1OC(=O)OC. The monoisotopic (exact) mass is 1420 g/mol. The van der Waals surface area contributed by atoms with E-state index >= 15 is 0 Å². The van der Waals surface area contributed by atoms with E-state index in [2.05, 4.69) is 14.8 Å². The number of H-pyrrole nitrogens is 1. The number of rotatable bonds is 4.